The van der Waals surface area contributed by atoms with Crippen molar-refractivity contribution in [2.75, 3.05) is 6.61 Å². The van der Waals surface area contributed by atoms with Crippen LogP contribution in [0.25, 0.3) is 21.3 Å². The van der Waals surface area contributed by atoms with Crippen molar-refractivity contribution < 1.29 is 14.3 Å². The summed E-state index contributed by atoms with van der Waals surface area (Å²) < 4.78 is 7.70. The zero-order chi connectivity index (χ0) is 19.5. The molecule has 0 saturated carbocycles. The quantitative estimate of drug-likeness (QED) is 0.499. The number of carbonyl (C=O) groups is 2. The molecule has 28 heavy (non-hydrogen) atoms. The predicted molar refractivity (Wildman–Crippen MR) is 106 cm³/mol. The second-order valence-electron chi connectivity index (χ2n) is 5.92. The predicted octanol–water partition coefficient (Wildman–Crippen LogP) is 2.95. The van der Waals surface area contributed by atoms with Crippen molar-refractivity contribution in [2.24, 2.45) is 4.99 Å². The lowest BCUT2D eigenvalue weighted by Crippen LogP contribution is -2.23. The highest BCUT2D eigenvalue weighted by molar-refractivity contribution is 7.16. The zero-order valence-electron chi connectivity index (χ0n) is 15.0. The van der Waals surface area contributed by atoms with Crippen molar-refractivity contribution in [2.45, 2.75) is 13.5 Å². The first-order valence-electron chi connectivity index (χ1n) is 8.69. The van der Waals surface area contributed by atoms with Crippen LogP contribution in [0, 0.1) is 0 Å². The molecule has 4 aromatic rings. The minimum atomic E-state index is -0.406. The molecular weight excluding hydrogens is 376 g/mol. The first-order chi connectivity index (χ1) is 13.7. The lowest BCUT2D eigenvalue weighted by Gasteiger charge is -2.05. The molecule has 0 bridgehead atoms. The fourth-order valence-corrected chi connectivity index (χ4v) is 3.87. The third-order valence-corrected chi connectivity index (χ3v) is 5.15. The van der Waals surface area contributed by atoms with Gasteiger partial charge in [0.1, 0.15) is 6.54 Å². The number of hydrogen-bond acceptors (Lipinski definition) is 6. The van der Waals surface area contributed by atoms with E-state index in [-0.39, 0.29) is 12.5 Å². The molecule has 0 aliphatic heterocycles. The van der Waals surface area contributed by atoms with E-state index in [0.717, 1.165) is 10.2 Å². The summed E-state index contributed by atoms with van der Waals surface area (Å²) in [6, 6.07) is 12.7. The Labute approximate surface area is 164 Å². The Bertz CT molecular complexity index is 1260. The number of carbonyl (C=O) groups excluding carboxylic acids is 2. The van der Waals surface area contributed by atoms with Gasteiger partial charge in [-0.3, -0.25) is 19.6 Å². The van der Waals surface area contributed by atoms with Gasteiger partial charge in [0.2, 0.25) is 0 Å². The summed E-state index contributed by atoms with van der Waals surface area (Å²) in [7, 11) is 0. The summed E-state index contributed by atoms with van der Waals surface area (Å²) in [5.41, 5.74) is 2.57. The number of nitrogens with zero attached hydrogens (tertiary/aromatic N) is 4. The summed E-state index contributed by atoms with van der Waals surface area (Å²) in [6.07, 6.45) is 3.18. The molecule has 0 unspecified atom stereocenters. The molecule has 8 heteroatoms. The number of amides is 1. The third-order valence-electron chi connectivity index (χ3n) is 4.09. The summed E-state index contributed by atoms with van der Waals surface area (Å²) in [6.45, 7) is 2.05. The highest BCUT2D eigenvalue weighted by Gasteiger charge is 2.13. The van der Waals surface area contributed by atoms with Gasteiger partial charge in [-0.2, -0.15) is 4.99 Å². The Morgan fingerprint density at radius 1 is 1.11 bits per heavy atom. The number of ether oxygens (including phenoxy) is 1. The van der Waals surface area contributed by atoms with Crippen LogP contribution in [0.4, 0.5) is 0 Å². The van der Waals surface area contributed by atoms with Crippen LogP contribution < -0.4 is 4.80 Å². The van der Waals surface area contributed by atoms with Crippen LogP contribution in [0.3, 0.4) is 0 Å². The van der Waals surface area contributed by atoms with Crippen LogP contribution in [0.5, 0.6) is 0 Å². The van der Waals surface area contributed by atoms with E-state index in [2.05, 4.69) is 15.0 Å². The topological polar surface area (TPSA) is 86.4 Å². The molecule has 0 spiro atoms. The Morgan fingerprint density at radius 3 is 2.71 bits per heavy atom. The first kappa shape index (κ1) is 18.0. The Kier molecular flexibility index (Phi) is 4.94. The van der Waals surface area contributed by atoms with Crippen molar-refractivity contribution in [3.8, 4) is 0 Å². The molecule has 0 aliphatic rings. The normalized spacial score (nSPS) is 11.8. The lowest BCUT2D eigenvalue weighted by atomic mass is 10.2. The molecule has 0 saturated heterocycles. The highest BCUT2D eigenvalue weighted by Crippen LogP contribution is 2.17. The third kappa shape index (κ3) is 3.54. The maximum Gasteiger partial charge on any atom is 0.326 e. The molecule has 7 nitrogen and oxygen atoms in total. The fraction of sp³-hybridized carbons (Fsp3) is 0.150. The molecule has 0 radical (unpaired) electrons. The summed E-state index contributed by atoms with van der Waals surface area (Å²) in [5, 5.41) is 0. The minimum absolute atomic E-state index is 0.00678. The number of rotatable bonds is 4. The van der Waals surface area contributed by atoms with Gasteiger partial charge in [-0.1, -0.05) is 23.5 Å². The number of benzene rings is 2. The number of hydrogen-bond donors (Lipinski definition) is 0. The van der Waals surface area contributed by atoms with E-state index in [4.69, 9.17) is 4.74 Å². The van der Waals surface area contributed by atoms with Gasteiger partial charge in [0, 0.05) is 18.0 Å². The second kappa shape index (κ2) is 7.69. The monoisotopic (exact) mass is 392 g/mol. The molecule has 2 aromatic carbocycles. The smallest absolute Gasteiger partial charge is 0.326 e. The van der Waals surface area contributed by atoms with Gasteiger partial charge in [-0.25, -0.2) is 0 Å². The molecule has 0 aliphatic carbocycles. The van der Waals surface area contributed by atoms with E-state index >= 15 is 0 Å². The Hall–Kier alpha value is -3.39. The Balaban J connectivity index is 1.78. The fourth-order valence-electron chi connectivity index (χ4n) is 2.84. The van der Waals surface area contributed by atoms with E-state index in [1.54, 1.807) is 42.1 Å². The number of thiazole rings is 1. The average Bonchev–Trinajstić information content (AvgIpc) is 3.05. The van der Waals surface area contributed by atoms with E-state index in [1.165, 1.54) is 11.3 Å². The maximum absolute atomic E-state index is 12.8. The summed E-state index contributed by atoms with van der Waals surface area (Å²) in [4.78, 5) is 37.9. The molecule has 0 fully saturated rings. The largest absolute Gasteiger partial charge is 0.465 e. The van der Waals surface area contributed by atoms with Crippen LogP contribution in [0.2, 0.25) is 0 Å². The lowest BCUT2D eigenvalue weighted by molar-refractivity contribution is -0.143. The van der Waals surface area contributed by atoms with E-state index in [9.17, 15) is 9.59 Å². The zero-order valence-corrected chi connectivity index (χ0v) is 15.8. The van der Waals surface area contributed by atoms with Crippen molar-refractivity contribution in [3.05, 3.63) is 65.2 Å². The van der Waals surface area contributed by atoms with Crippen LogP contribution in [-0.4, -0.2) is 33.0 Å². The average molecular weight is 392 g/mol. The van der Waals surface area contributed by atoms with Crippen molar-refractivity contribution >= 4 is 44.5 Å². The number of aromatic nitrogens is 3. The van der Waals surface area contributed by atoms with Gasteiger partial charge < -0.3 is 9.30 Å². The van der Waals surface area contributed by atoms with E-state index in [1.807, 2.05) is 24.3 Å². The van der Waals surface area contributed by atoms with E-state index in [0.29, 0.717) is 28.0 Å². The van der Waals surface area contributed by atoms with Gasteiger partial charge in [-0.05, 0) is 37.3 Å². The van der Waals surface area contributed by atoms with Crippen LogP contribution in [0.15, 0.2) is 59.9 Å². The number of para-hydroxylation sites is 1. The van der Waals surface area contributed by atoms with Gasteiger partial charge in [0.25, 0.3) is 5.91 Å². The van der Waals surface area contributed by atoms with Crippen LogP contribution in [-0.2, 0) is 16.1 Å². The molecule has 0 N–H and O–H groups in total. The molecular formula is C20H16N4O3S. The summed E-state index contributed by atoms with van der Waals surface area (Å²) in [5.74, 6) is -0.780. The van der Waals surface area contributed by atoms with Crippen molar-refractivity contribution in [1.82, 2.24) is 14.5 Å². The minimum Gasteiger partial charge on any atom is -0.465 e. The number of esters is 1. The summed E-state index contributed by atoms with van der Waals surface area (Å²) >= 11 is 1.35. The molecule has 2 heterocycles. The van der Waals surface area contributed by atoms with Crippen molar-refractivity contribution in [1.29, 1.82) is 0 Å². The van der Waals surface area contributed by atoms with Crippen LogP contribution >= 0.6 is 11.3 Å². The second-order valence-corrected chi connectivity index (χ2v) is 6.93. The van der Waals surface area contributed by atoms with Gasteiger partial charge in [0.15, 0.2) is 4.80 Å². The standard InChI is InChI=1S/C20H16N4O3S/c1-2-27-18(25)12-24-16-5-3-4-6-17(16)28-20(24)23-19(26)13-7-8-14-15(11-13)22-10-9-21-14/h3-11H,2,12H2,1H3. The van der Waals surface area contributed by atoms with Gasteiger partial charge in [-0.15, -0.1) is 0 Å². The SMILES string of the molecule is CCOC(=O)Cn1c(=NC(=O)c2ccc3nccnc3c2)sc2ccccc21. The molecule has 2 aromatic heterocycles. The molecule has 140 valence electrons. The van der Waals surface area contributed by atoms with E-state index < -0.39 is 5.91 Å². The number of fused-ring (bicyclic) bond motifs is 2. The first-order valence-corrected chi connectivity index (χ1v) is 9.51. The highest BCUT2D eigenvalue weighted by atomic mass is 32.1. The molecule has 1 amide bonds. The molecule has 4 rings (SSSR count). The molecule has 0 atom stereocenters. The Morgan fingerprint density at radius 2 is 1.89 bits per heavy atom. The van der Waals surface area contributed by atoms with Crippen LogP contribution in [0.1, 0.15) is 17.3 Å². The van der Waals surface area contributed by atoms with Crippen molar-refractivity contribution in [3.63, 3.8) is 0 Å². The van der Waals surface area contributed by atoms with Gasteiger partial charge >= 0.3 is 5.97 Å². The maximum atomic E-state index is 12.8. The van der Waals surface area contributed by atoms with Gasteiger partial charge in [0.05, 0.1) is 27.9 Å².